The Morgan fingerprint density at radius 3 is 2.24 bits per heavy atom. The van der Waals surface area contributed by atoms with Gasteiger partial charge in [-0.15, -0.1) is 0 Å². The minimum absolute atomic E-state index is 0.149. The van der Waals surface area contributed by atoms with Crippen molar-refractivity contribution in [1.29, 1.82) is 0 Å². The summed E-state index contributed by atoms with van der Waals surface area (Å²) in [5, 5.41) is 0. The summed E-state index contributed by atoms with van der Waals surface area (Å²) in [5.74, 6) is -0.881. The van der Waals surface area contributed by atoms with Gasteiger partial charge in [0.05, 0.1) is 24.8 Å². The molecule has 6 heteroatoms. The van der Waals surface area contributed by atoms with Crippen LogP contribution in [0.25, 0.3) is 0 Å². The van der Waals surface area contributed by atoms with Gasteiger partial charge in [0.1, 0.15) is 0 Å². The number of fused-ring (bicyclic) bond motifs is 1. The Morgan fingerprint density at radius 2 is 1.76 bits per heavy atom. The third-order valence-corrected chi connectivity index (χ3v) is 3.55. The fourth-order valence-corrected chi connectivity index (χ4v) is 2.28. The normalized spacial score (nSPS) is 13.8. The molecule has 0 radical (unpaired) electrons. The van der Waals surface area contributed by atoms with Crippen LogP contribution in [0.3, 0.4) is 0 Å². The molecule has 112 valence electrons. The molecule has 1 aromatic carbocycles. The molecular weight excluding hydrogens is 272 g/mol. The number of esters is 1. The first-order valence-electron chi connectivity index (χ1n) is 6.82. The molecule has 1 aliphatic rings. The Bertz CT molecular complexity index is 536. The molecule has 0 unspecified atom stereocenters. The number of carbonyl (C=O) groups is 3. The highest BCUT2D eigenvalue weighted by atomic mass is 16.5. The van der Waals surface area contributed by atoms with Gasteiger partial charge < -0.3 is 4.74 Å². The van der Waals surface area contributed by atoms with E-state index in [0.717, 1.165) is 0 Å². The van der Waals surface area contributed by atoms with Gasteiger partial charge in [0, 0.05) is 13.1 Å². The molecule has 21 heavy (non-hydrogen) atoms. The summed E-state index contributed by atoms with van der Waals surface area (Å²) in [5.41, 5.74) is 0.886. The van der Waals surface area contributed by atoms with Crippen LogP contribution in [0.4, 0.5) is 0 Å². The minimum atomic E-state index is -0.334. The highest BCUT2D eigenvalue weighted by Gasteiger charge is 2.34. The highest BCUT2D eigenvalue weighted by Crippen LogP contribution is 2.21. The number of benzene rings is 1. The lowest BCUT2D eigenvalue weighted by Gasteiger charge is -2.22. The third kappa shape index (κ3) is 3.11. The van der Waals surface area contributed by atoms with Crippen LogP contribution >= 0.6 is 0 Å². The molecule has 0 fully saturated rings. The van der Waals surface area contributed by atoms with Gasteiger partial charge in [-0.2, -0.15) is 0 Å². The lowest BCUT2D eigenvalue weighted by molar-refractivity contribution is -0.141. The van der Waals surface area contributed by atoms with Crippen LogP contribution in [0, 0.1) is 0 Å². The van der Waals surface area contributed by atoms with Crippen molar-refractivity contribution in [2.75, 3.05) is 33.3 Å². The van der Waals surface area contributed by atoms with Crippen LogP contribution in [-0.2, 0) is 9.53 Å². The number of likely N-dealkylation sites (N-methyl/N-ethyl adjacent to an activating group) is 1. The van der Waals surface area contributed by atoms with E-state index in [2.05, 4.69) is 4.74 Å². The van der Waals surface area contributed by atoms with Gasteiger partial charge >= 0.3 is 5.97 Å². The van der Waals surface area contributed by atoms with Crippen LogP contribution in [0.15, 0.2) is 24.3 Å². The number of rotatable bonds is 6. The molecule has 6 nitrogen and oxygen atoms in total. The molecule has 0 aliphatic carbocycles. The second-order valence-corrected chi connectivity index (χ2v) is 4.75. The van der Waals surface area contributed by atoms with Crippen molar-refractivity contribution in [3.05, 3.63) is 35.4 Å². The van der Waals surface area contributed by atoms with Crippen LogP contribution in [0.2, 0.25) is 0 Å². The van der Waals surface area contributed by atoms with E-state index in [4.69, 9.17) is 0 Å². The second kappa shape index (κ2) is 6.49. The van der Waals surface area contributed by atoms with Crippen LogP contribution in [0.1, 0.15) is 27.6 Å². The fraction of sp³-hybridized carbons (Fsp3) is 0.400. The number of hydrogen-bond donors (Lipinski definition) is 0. The topological polar surface area (TPSA) is 66.9 Å². The van der Waals surface area contributed by atoms with Crippen molar-refractivity contribution < 1.29 is 19.1 Å². The van der Waals surface area contributed by atoms with Crippen molar-refractivity contribution in [2.45, 2.75) is 6.92 Å². The van der Waals surface area contributed by atoms with Gasteiger partial charge in [-0.25, -0.2) is 0 Å². The van der Waals surface area contributed by atoms with Crippen molar-refractivity contribution >= 4 is 17.8 Å². The largest absolute Gasteiger partial charge is 0.468 e. The Morgan fingerprint density at radius 1 is 1.19 bits per heavy atom. The number of ether oxygens (including phenoxy) is 1. The van der Waals surface area contributed by atoms with Crippen molar-refractivity contribution in [2.24, 2.45) is 0 Å². The predicted molar refractivity (Wildman–Crippen MR) is 75.9 cm³/mol. The second-order valence-electron chi connectivity index (χ2n) is 4.75. The average Bonchev–Trinajstić information content (AvgIpc) is 2.75. The standard InChI is InChI=1S/C15H18N2O4/c1-3-16(10-13(18)21-2)8-9-17-14(19)11-6-4-5-7-12(11)15(17)20/h4-7H,3,8-10H2,1-2H3. The molecule has 0 saturated heterocycles. The molecule has 0 N–H and O–H groups in total. The van der Waals surface area contributed by atoms with Crippen molar-refractivity contribution in [1.82, 2.24) is 9.80 Å². The van der Waals surface area contributed by atoms with E-state index in [9.17, 15) is 14.4 Å². The summed E-state index contributed by atoms with van der Waals surface area (Å²) in [7, 11) is 1.33. The molecule has 0 saturated carbocycles. The Kier molecular flexibility index (Phi) is 4.70. The lowest BCUT2D eigenvalue weighted by Crippen LogP contribution is -2.40. The van der Waals surface area contributed by atoms with E-state index >= 15 is 0 Å². The predicted octanol–water partition coefficient (Wildman–Crippen LogP) is 0.777. The average molecular weight is 290 g/mol. The summed E-state index contributed by atoms with van der Waals surface area (Å²) >= 11 is 0. The van der Waals surface area contributed by atoms with Crippen LogP contribution < -0.4 is 0 Å². The van der Waals surface area contributed by atoms with Crippen molar-refractivity contribution in [3.63, 3.8) is 0 Å². The molecule has 2 rings (SSSR count). The molecule has 1 aromatic rings. The zero-order chi connectivity index (χ0) is 15.4. The van der Waals surface area contributed by atoms with Crippen LogP contribution in [0.5, 0.6) is 0 Å². The quantitative estimate of drug-likeness (QED) is 0.572. The van der Waals surface area contributed by atoms with E-state index in [1.54, 1.807) is 24.3 Å². The van der Waals surface area contributed by atoms with Gasteiger partial charge in [0.15, 0.2) is 0 Å². The Hall–Kier alpha value is -2.21. The molecule has 0 aromatic heterocycles. The van der Waals surface area contributed by atoms with Crippen molar-refractivity contribution in [3.8, 4) is 0 Å². The van der Waals surface area contributed by atoms with E-state index in [1.165, 1.54) is 12.0 Å². The molecule has 0 atom stereocenters. The maximum absolute atomic E-state index is 12.2. The lowest BCUT2D eigenvalue weighted by atomic mass is 10.1. The first-order valence-corrected chi connectivity index (χ1v) is 6.82. The fourth-order valence-electron chi connectivity index (χ4n) is 2.28. The monoisotopic (exact) mass is 290 g/mol. The number of nitrogens with zero attached hydrogens (tertiary/aromatic N) is 2. The number of imide groups is 1. The molecule has 0 bridgehead atoms. The van der Waals surface area contributed by atoms with Gasteiger partial charge in [-0.05, 0) is 18.7 Å². The van der Waals surface area contributed by atoms with Crippen LogP contribution in [-0.4, -0.2) is 60.9 Å². The van der Waals surface area contributed by atoms with Gasteiger partial charge in [-0.1, -0.05) is 19.1 Å². The maximum Gasteiger partial charge on any atom is 0.319 e. The third-order valence-electron chi connectivity index (χ3n) is 3.55. The molecule has 0 spiro atoms. The first kappa shape index (κ1) is 15.2. The molecule has 1 heterocycles. The maximum atomic E-state index is 12.2. The molecule has 1 aliphatic heterocycles. The first-order chi connectivity index (χ1) is 10.1. The highest BCUT2D eigenvalue weighted by molar-refractivity contribution is 6.21. The summed E-state index contributed by atoms with van der Waals surface area (Å²) in [6, 6.07) is 6.79. The van der Waals surface area contributed by atoms with Gasteiger partial charge in [0.25, 0.3) is 11.8 Å². The number of hydrogen-bond acceptors (Lipinski definition) is 5. The minimum Gasteiger partial charge on any atom is -0.468 e. The summed E-state index contributed by atoms with van der Waals surface area (Å²) in [6.45, 7) is 3.40. The SMILES string of the molecule is CCN(CCN1C(=O)c2ccccc2C1=O)CC(=O)OC. The number of methoxy groups -OCH3 is 1. The van der Waals surface area contributed by atoms with Gasteiger partial charge in [-0.3, -0.25) is 24.2 Å². The summed E-state index contributed by atoms with van der Waals surface area (Å²) in [4.78, 5) is 38.7. The Labute approximate surface area is 123 Å². The van der Waals surface area contributed by atoms with E-state index in [-0.39, 0.29) is 30.9 Å². The zero-order valence-electron chi connectivity index (χ0n) is 12.2. The zero-order valence-corrected chi connectivity index (χ0v) is 12.2. The number of carbonyl (C=O) groups excluding carboxylic acids is 3. The summed E-state index contributed by atoms with van der Waals surface area (Å²) in [6.07, 6.45) is 0. The number of amides is 2. The van der Waals surface area contributed by atoms with E-state index in [1.807, 2.05) is 11.8 Å². The molecule has 2 amide bonds. The Balaban J connectivity index is 2.00. The van der Waals surface area contributed by atoms with E-state index < -0.39 is 0 Å². The van der Waals surface area contributed by atoms with E-state index in [0.29, 0.717) is 24.2 Å². The van der Waals surface area contributed by atoms with Gasteiger partial charge in [0.2, 0.25) is 0 Å². The summed E-state index contributed by atoms with van der Waals surface area (Å²) < 4.78 is 4.62. The smallest absolute Gasteiger partial charge is 0.319 e. The molecular formula is C15H18N2O4.